The number of urea groups is 1. The van der Waals surface area contributed by atoms with E-state index in [0.29, 0.717) is 6.54 Å². The van der Waals surface area contributed by atoms with E-state index in [9.17, 15) is 14.4 Å². The molecule has 24 heavy (non-hydrogen) atoms. The molecule has 2 rings (SSSR count). The number of anilines is 1. The van der Waals surface area contributed by atoms with Crippen LogP contribution in [0.1, 0.15) is 31.2 Å². The first kappa shape index (κ1) is 17.8. The highest BCUT2D eigenvalue weighted by Gasteiger charge is 2.25. The molecule has 0 bridgehead atoms. The van der Waals surface area contributed by atoms with Crippen molar-refractivity contribution in [3.05, 3.63) is 29.8 Å². The normalized spacial score (nSPS) is 13.7. The Morgan fingerprint density at radius 1 is 1.29 bits per heavy atom. The van der Waals surface area contributed by atoms with Crippen molar-refractivity contribution >= 4 is 23.6 Å². The maximum atomic E-state index is 12.0. The Kier molecular flexibility index (Phi) is 6.17. The van der Waals surface area contributed by atoms with Crippen molar-refractivity contribution in [3.8, 4) is 0 Å². The summed E-state index contributed by atoms with van der Waals surface area (Å²) in [5, 5.41) is 14.3. The van der Waals surface area contributed by atoms with Gasteiger partial charge in [-0.15, -0.1) is 0 Å². The molecule has 1 saturated carbocycles. The molecule has 0 atom stereocenters. The van der Waals surface area contributed by atoms with Crippen molar-refractivity contribution in [1.29, 1.82) is 0 Å². The number of rotatable bonds is 7. The largest absolute Gasteiger partial charge is 0.481 e. The minimum Gasteiger partial charge on any atom is -0.481 e. The first-order valence-corrected chi connectivity index (χ1v) is 8.06. The van der Waals surface area contributed by atoms with Gasteiger partial charge >= 0.3 is 12.0 Å². The monoisotopic (exact) mass is 333 g/mol. The lowest BCUT2D eigenvalue weighted by atomic mass is 9.85. The van der Waals surface area contributed by atoms with Crippen LogP contribution in [0.4, 0.5) is 10.5 Å². The van der Waals surface area contributed by atoms with Gasteiger partial charge in [-0.3, -0.25) is 9.59 Å². The smallest absolute Gasteiger partial charge is 0.317 e. The summed E-state index contributed by atoms with van der Waals surface area (Å²) in [6.45, 7) is 0.460. The van der Waals surface area contributed by atoms with Gasteiger partial charge in [-0.1, -0.05) is 18.6 Å². The first-order valence-electron chi connectivity index (χ1n) is 8.06. The van der Waals surface area contributed by atoms with Crippen molar-refractivity contribution in [2.75, 3.05) is 18.9 Å². The summed E-state index contributed by atoms with van der Waals surface area (Å²) in [5.74, 6) is -0.767. The number of carboxylic acids is 1. The molecule has 130 valence electrons. The van der Waals surface area contributed by atoms with Crippen LogP contribution in [0, 0.1) is 5.92 Å². The number of hydrogen-bond donors (Lipinski definition) is 3. The lowest BCUT2D eigenvalue weighted by molar-refractivity contribution is -0.137. The molecular formula is C17H23N3O4. The van der Waals surface area contributed by atoms with Gasteiger partial charge < -0.3 is 20.6 Å². The third-order valence-electron chi connectivity index (χ3n) is 4.12. The standard InChI is InChI=1S/C17H23N3O4/c1-20(9-8-15(21)22)17(24)18-11-12-4-2-7-14(10-12)19-16(23)13-5-3-6-13/h2,4,7,10,13H,3,5-6,8-9,11H2,1H3,(H,18,24)(H,19,23)(H,21,22). The first-order chi connectivity index (χ1) is 11.5. The van der Waals surface area contributed by atoms with Crippen molar-refractivity contribution < 1.29 is 19.5 Å². The predicted molar refractivity (Wildman–Crippen MR) is 89.5 cm³/mol. The molecule has 0 heterocycles. The van der Waals surface area contributed by atoms with Crippen LogP contribution in [0.5, 0.6) is 0 Å². The van der Waals surface area contributed by atoms with Gasteiger partial charge in [0.25, 0.3) is 0 Å². The quantitative estimate of drug-likeness (QED) is 0.711. The predicted octanol–water partition coefficient (Wildman–Crippen LogP) is 2.04. The van der Waals surface area contributed by atoms with E-state index in [1.807, 2.05) is 24.3 Å². The minimum absolute atomic E-state index is 0.0517. The van der Waals surface area contributed by atoms with Gasteiger partial charge in [0.1, 0.15) is 0 Å². The fourth-order valence-corrected chi connectivity index (χ4v) is 2.35. The number of nitrogens with one attached hydrogen (secondary N) is 2. The second kappa shape index (κ2) is 8.33. The van der Waals surface area contributed by atoms with E-state index in [0.717, 1.165) is 30.5 Å². The van der Waals surface area contributed by atoms with Crippen LogP contribution >= 0.6 is 0 Å². The van der Waals surface area contributed by atoms with Crippen LogP contribution in [0.2, 0.25) is 0 Å². The Balaban J connectivity index is 1.81. The van der Waals surface area contributed by atoms with Gasteiger partial charge in [-0.25, -0.2) is 4.79 Å². The number of carbonyl (C=O) groups is 3. The fourth-order valence-electron chi connectivity index (χ4n) is 2.35. The number of hydrogen-bond acceptors (Lipinski definition) is 3. The number of benzene rings is 1. The fraction of sp³-hybridized carbons (Fsp3) is 0.471. The molecule has 1 fully saturated rings. The van der Waals surface area contributed by atoms with Crippen molar-refractivity contribution in [3.63, 3.8) is 0 Å². The molecular weight excluding hydrogens is 310 g/mol. The molecule has 0 saturated heterocycles. The molecule has 0 aromatic heterocycles. The van der Waals surface area contributed by atoms with Gasteiger partial charge in [-0.2, -0.15) is 0 Å². The van der Waals surface area contributed by atoms with Gasteiger partial charge in [0.05, 0.1) is 6.42 Å². The molecule has 1 aliphatic carbocycles. The summed E-state index contributed by atoms with van der Waals surface area (Å²) in [4.78, 5) is 35.7. The van der Waals surface area contributed by atoms with E-state index in [-0.39, 0.29) is 30.8 Å². The third-order valence-corrected chi connectivity index (χ3v) is 4.12. The Hall–Kier alpha value is -2.57. The van der Waals surface area contributed by atoms with Gasteiger partial charge in [0.2, 0.25) is 5.91 Å². The lowest BCUT2D eigenvalue weighted by Crippen LogP contribution is -2.38. The van der Waals surface area contributed by atoms with Gasteiger partial charge in [0, 0.05) is 31.7 Å². The van der Waals surface area contributed by atoms with E-state index >= 15 is 0 Å². The molecule has 7 nitrogen and oxygen atoms in total. The summed E-state index contributed by atoms with van der Waals surface area (Å²) >= 11 is 0. The zero-order chi connectivity index (χ0) is 17.5. The summed E-state index contributed by atoms with van der Waals surface area (Å²) in [7, 11) is 1.55. The van der Waals surface area contributed by atoms with Crippen LogP contribution in [-0.2, 0) is 16.1 Å². The number of carbonyl (C=O) groups excluding carboxylic acids is 2. The molecule has 0 radical (unpaired) electrons. The highest BCUT2D eigenvalue weighted by atomic mass is 16.4. The van der Waals surface area contributed by atoms with Crippen molar-refractivity contribution in [2.45, 2.75) is 32.2 Å². The van der Waals surface area contributed by atoms with E-state index in [4.69, 9.17) is 5.11 Å². The van der Waals surface area contributed by atoms with Crippen LogP contribution < -0.4 is 10.6 Å². The molecule has 1 aliphatic rings. The Morgan fingerprint density at radius 3 is 2.67 bits per heavy atom. The zero-order valence-electron chi connectivity index (χ0n) is 13.7. The van der Waals surface area contributed by atoms with E-state index in [1.165, 1.54) is 4.90 Å². The lowest BCUT2D eigenvalue weighted by Gasteiger charge is -2.24. The molecule has 7 heteroatoms. The van der Waals surface area contributed by atoms with E-state index in [2.05, 4.69) is 10.6 Å². The number of nitrogens with zero attached hydrogens (tertiary/aromatic N) is 1. The highest BCUT2D eigenvalue weighted by Crippen LogP contribution is 2.27. The van der Waals surface area contributed by atoms with E-state index in [1.54, 1.807) is 7.05 Å². The minimum atomic E-state index is -0.940. The summed E-state index contributed by atoms with van der Waals surface area (Å²) < 4.78 is 0. The van der Waals surface area contributed by atoms with Crippen LogP contribution in [0.25, 0.3) is 0 Å². The Bertz CT molecular complexity index is 614. The van der Waals surface area contributed by atoms with E-state index < -0.39 is 5.97 Å². The van der Waals surface area contributed by atoms with Crippen LogP contribution in [0.15, 0.2) is 24.3 Å². The summed E-state index contributed by atoms with van der Waals surface area (Å²) in [5.41, 5.74) is 1.58. The molecule has 3 N–H and O–H groups in total. The zero-order valence-corrected chi connectivity index (χ0v) is 13.7. The maximum Gasteiger partial charge on any atom is 0.317 e. The third kappa shape index (κ3) is 5.26. The van der Waals surface area contributed by atoms with Gasteiger partial charge in [0.15, 0.2) is 0 Å². The SMILES string of the molecule is CN(CCC(=O)O)C(=O)NCc1cccc(NC(=O)C2CCC2)c1. The molecule has 0 spiro atoms. The average Bonchev–Trinajstić information content (AvgIpc) is 2.48. The number of aliphatic carboxylic acids is 1. The van der Waals surface area contributed by atoms with Crippen LogP contribution in [0.3, 0.4) is 0 Å². The van der Waals surface area contributed by atoms with Crippen molar-refractivity contribution in [2.24, 2.45) is 5.92 Å². The molecule has 1 aromatic rings. The number of amides is 3. The van der Waals surface area contributed by atoms with Crippen LogP contribution in [-0.4, -0.2) is 41.5 Å². The maximum absolute atomic E-state index is 12.0. The Labute approximate surface area is 141 Å². The summed E-state index contributed by atoms with van der Waals surface area (Å²) in [6.07, 6.45) is 2.92. The molecule has 1 aromatic carbocycles. The molecule has 3 amide bonds. The number of carboxylic acid groups (broad SMARTS) is 1. The average molecular weight is 333 g/mol. The molecule has 0 unspecified atom stereocenters. The Morgan fingerprint density at radius 2 is 2.04 bits per heavy atom. The van der Waals surface area contributed by atoms with Gasteiger partial charge in [-0.05, 0) is 30.5 Å². The summed E-state index contributed by atoms with van der Waals surface area (Å²) in [6, 6.07) is 7.00. The molecule has 0 aliphatic heterocycles. The second-order valence-electron chi connectivity index (χ2n) is 6.04. The highest BCUT2D eigenvalue weighted by molar-refractivity contribution is 5.93. The van der Waals surface area contributed by atoms with Crippen molar-refractivity contribution in [1.82, 2.24) is 10.2 Å². The topological polar surface area (TPSA) is 98.7 Å². The second-order valence-corrected chi connectivity index (χ2v) is 6.04.